The lowest BCUT2D eigenvalue weighted by Crippen LogP contribution is -2.47. The zero-order valence-electron chi connectivity index (χ0n) is 7.60. The van der Waals surface area contributed by atoms with Crippen LogP contribution in [0.5, 0.6) is 0 Å². The highest BCUT2D eigenvalue weighted by Gasteiger charge is 2.25. The van der Waals surface area contributed by atoms with Gasteiger partial charge in [0.1, 0.15) is 0 Å². The van der Waals surface area contributed by atoms with Crippen LogP contribution in [0.25, 0.3) is 0 Å². The fourth-order valence-corrected chi connectivity index (χ4v) is 1.42. The summed E-state index contributed by atoms with van der Waals surface area (Å²) in [5.74, 6) is 0. The Morgan fingerprint density at radius 3 is 2.75 bits per heavy atom. The van der Waals surface area contributed by atoms with Crippen LogP contribution in [-0.2, 0) is 4.74 Å². The van der Waals surface area contributed by atoms with Gasteiger partial charge in [0.25, 0.3) is 0 Å². The van der Waals surface area contributed by atoms with Gasteiger partial charge in [-0.2, -0.15) is 5.26 Å². The molecular weight excluding hydrogens is 152 g/mol. The second-order valence-electron chi connectivity index (χ2n) is 3.51. The zero-order chi connectivity index (χ0) is 8.86. The van der Waals surface area contributed by atoms with Crippen molar-refractivity contribution in [2.45, 2.75) is 31.7 Å². The Labute approximate surface area is 73.7 Å². The Bertz CT molecular complexity index is 168. The van der Waals surface area contributed by atoms with Crippen molar-refractivity contribution in [3.8, 4) is 6.07 Å². The predicted octanol–water partition coefficient (Wildman–Crippen LogP) is 1.06. The molecule has 1 aliphatic heterocycles. The molecule has 68 valence electrons. The van der Waals surface area contributed by atoms with E-state index in [1.165, 1.54) is 0 Å². The number of nitrogens with one attached hydrogen (secondary N) is 1. The highest BCUT2D eigenvalue weighted by Crippen LogP contribution is 2.19. The Balaban J connectivity index is 2.23. The molecular formula is C9H16N2O. The average Bonchev–Trinajstić information content (AvgIpc) is 2.06. The zero-order valence-corrected chi connectivity index (χ0v) is 7.60. The highest BCUT2D eigenvalue weighted by atomic mass is 16.5. The molecule has 0 saturated carbocycles. The minimum atomic E-state index is 0.203. The van der Waals surface area contributed by atoms with Gasteiger partial charge in [-0.05, 0) is 19.8 Å². The van der Waals surface area contributed by atoms with Crippen LogP contribution in [0.1, 0.15) is 26.2 Å². The van der Waals surface area contributed by atoms with E-state index in [4.69, 9.17) is 10.00 Å². The van der Waals surface area contributed by atoms with Gasteiger partial charge >= 0.3 is 0 Å². The Morgan fingerprint density at radius 2 is 2.17 bits per heavy atom. The minimum Gasteiger partial charge on any atom is -0.381 e. The van der Waals surface area contributed by atoms with E-state index in [-0.39, 0.29) is 5.54 Å². The molecule has 1 fully saturated rings. The van der Waals surface area contributed by atoms with Gasteiger partial charge in [0.05, 0.1) is 6.07 Å². The number of hydrogen-bond acceptors (Lipinski definition) is 3. The van der Waals surface area contributed by atoms with E-state index in [1.54, 1.807) is 0 Å². The summed E-state index contributed by atoms with van der Waals surface area (Å²) in [6.45, 7) is 4.69. The summed E-state index contributed by atoms with van der Waals surface area (Å²) in [5.41, 5.74) is 0.203. The third kappa shape index (κ3) is 2.80. The van der Waals surface area contributed by atoms with Crippen molar-refractivity contribution >= 4 is 0 Å². The molecule has 0 bridgehead atoms. The lowest BCUT2D eigenvalue weighted by atomic mass is 9.92. The van der Waals surface area contributed by atoms with Crippen molar-refractivity contribution in [2.75, 3.05) is 19.8 Å². The number of nitriles is 1. The summed E-state index contributed by atoms with van der Waals surface area (Å²) in [6, 6.07) is 2.13. The monoisotopic (exact) mass is 168 g/mol. The number of rotatable bonds is 3. The smallest absolute Gasteiger partial charge is 0.0635 e. The van der Waals surface area contributed by atoms with Crippen molar-refractivity contribution in [2.24, 2.45) is 0 Å². The maximum Gasteiger partial charge on any atom is 0.0635 e. The van der Waals surface area contributed by atoms with Crippen molar-refractivity contribution < 1.29 is 4.74 Å². The van der Waals surface area contributed by atoms with Gasteiger partial charge in [-0.25, -0.2) is 0 Å². The fraction of sp³-hybridized carbons (Fsp3) is 0.889. The van der Waals surface area contributed by atoms with Crippen LogP contribution >= 0.6 is 0 Å². The first-order valence-electron chi connectivity index (χ1n) is 4.47. The number of nitrogens with zero attached hydrogens (tertiary/aromatic N) is 1. The first kappa shape index (κ1) is 9.50. The van der Waals surface area contributed by atoms with Crippen LogP contribution in [0, 0.1) is 11.3 Å². The van der Waals surface area contributed by atoms with Gasteiger partial charge < -0.3 is 10.1 Å². The molecule has 0 atom stereocenters. The molecule has 0 unspecified atom stereocenters. The van der Waals surface area contributed by atoms with Gasteiger partial charge in [-0.15, -0.1) is 0 Å². The third-order valence-corrected chi connectivity index (χ3v) is 2.38. The van der Waals surface area contributed by atoms with Crippen LogP contribution in [-0.4, -0.2) is 25.3 Å². The molecule has 0 spiro atoms. The van der Waals surface area contributed by atoms with Crippen LogP contribution < -0.4 is 5.32 Å². The van der Waals surface area contributed by atoms with E-state index in [1.807, 2.05) is 0 Å². The van der Waals surface area contributed by atoms with E-state index in [2.05, 4.69) is 18.3 Å². The van der Waals surface area contributed by atoms with Crippen molar-refractivity contribution in [3.05, 3.63) is 0 Å². The first-order chi connectivity index (χ1) is 5.77. The Kier molecular flexibility index (Phi) is 3.51. The van der Waals surface area contributed by atoms with Crippen LogP contribution in [0.15, 0.2) is 0 Å². The van der Waals surface area contributed by atoms with Crippen molar-refractivity contribution in [1.29, 1.82) is 5.26 Å². The molecule has 3 heteroatoms. The topological polar surface area (TPSA) is 45.0 Å². The second kappa shape index (κ2) is 4.44. The van der Waals surface area contributed by atoms with E-state index in [9.17, 15) is 0 Å². The lowest BCUT2D eigenvalue weighted by molar-refractivity contribution is 0.0457. The molecule has 1 N–H and O–H groups in total. The number of hydrogen-bond donors (Lipinski definition) is 1. The fourth-order valence-electron chi connectivity index (χ4n) is 1.42. The second-order valence-corrected chi connectivity index (χ2v) is 3.51. The minimum absolute atomic E-state index is 0.203. The van der Waals surface area contributed by atoms with Gasteiger partial charge in [0.15, 0.2) is 0 Å². The SMILES string of the molecule is CC1(NCCC#N)CCOCC1. The molecule has 0 aromatic rings. The van der Waals surface area contributed by atoms with Crippen LogP contribution in [0.3, 0.4) is 0 Å². The number of ether oxygens (including phenoxy) is 1. The largest absolute Gasteiger partial charge is 0.381 e. The summed E-state index contributed by atoms with van der Waals surface area (Å²) in [4.78, 5) is 0. The van der Waals surface area contributed by atoms with Crippen LogP contribution in [0.2, 0.25) is 0 Å². The first-order valence-corrected chi connectivity index (χ1v) is 4.47. The van der Waals surface area contributed by atoms with Gasteiger partial charge in [0, 0.05) is 31.7 Å². The molecule has 1 rings (SSSR count). The maximum atomic E-state index is 8.36. The maximum absolute atomic E-state index is 8.36. The molecule has 12 heavy (non-hydrogen) atoms. The van der Waals surface area contributed by atoms with E-state index in [0.717, 1.165) is 32.6 Å². The highest BCUT2D eigenvalue weighted by molar-refractivity contribution is 4.86. The quantitative estimate of drug-likeness (QED) is 0.641. The van der Waals surface area contributed by atoms with Gasteiger partial charge in [-0.3, -0.25) is 0 Å². The van der Waals surface area contributed by atoms with E-state index < -0.39 is 0 Å². The summed E-state index contributed by atoms with van der Waals surface area (Å²) in [5, 5.41) is 11.8. The predicted molar refractivity (Wildman–Crippen MR) is 46.7 cm³/mol. The average molecular weight is 168 g/mol. The van der Waals surface area contributed by atoms with Crippen molar-refractivity contribution in [1.82, 2.24) is 5.32 Å². The molecule has 1 heterocycles. The van der Waals surface area contributed by atoms with E-state index >= 15 is 0 Å². The van der Waals surface area contributed by atoms with Gasteiger partial charge in [-0.1, -0.05) is 0 Å². The molecule has 0 amide bonds. The molecule has 0 radical (unpaired) electrons. The normalized spacial score (nSPS) is 21.7. The summed E-state index contributed by atoms with van der Waals surface area (Å²) < 4.78 is 5.27. The molecule has 0 aromatic heterocycles. The Hall–Kier alpha value is -0.590. The summed E-state index contributed by atoms with van der Waals surface area (Å²) >= 11 is 0. The summed E-state index contributed by atoms with van der Waals surface area (Å²) in [6.07, 6.45) is 2.70. The molecule has 0 aromatic carbocycles. The van der Waals surface area contributed by atoms with Gasteiger partial charge in [0.2, 0.25) is 0 Å². The standard InChI is InChI=1S/C9H16N2O/c1-9(11-6-2-5-10)3-7-12-8-4-9/h11H,2-4,6-8H2,1H3. The van der Waals surface area contributed by atoms with Crippen molar-refractivity contribution in [3.63, 3.8) is 0 Å². The van der Waals surface area contributed by atoms with E-state index in [0.29, 0.717) is 6.42 Å². The summed E-state index contributed by atoms with van der Waals surface area (Å²) in [7, 11) is 0. The third-order valence-electron chi connectivity index (χ3n) is 2.38. The molecule has 1 aliphatic rings. The van der Waals surface area contributed by atoms with Crippen LogP contribution in [0.4, 0.5) is 0 Å². The lowest BCUT2D eigenvalue weighted by Gasteiger charge is -2.34. The Morgan fingerprint density at radius 1 is 1.50 bits per heavy atom. The molecule has 0 aliphatic carbocycles. The molecule has 3 nitrogen and oxygen atoms in total. The molecule has 1 saturated heterocycles.